The lowest BCUT2D eigenvalue weighted by Gasteiger charge is -2.30. The molecule has 0 aliphatic carbocycles. The SMILES string of the molecule is Cc1ccc(NS(=O)(=O)c2cccc(C(=O)NC3CCCNC3C)c2)cc1.Cl. The van der Waals surface area contributed by atoms with E-state index in [1.807, 2.05) is 26.0 Å². The number of piperidine rings is 1. The minimum Gasteiger partial charge on any atom is -0.348 e. The summed E-state index contributed by atoms with van der Waals surface area (Å²) in [6.45, 7) is 4.92. The second-order valence-corrected chi connectivity index (χ2v) is 8.65. The fourth-order valence-corrected chi connectivity index (χ4v) is 4.24. The molecular weight excluding hydrogens is 398 g/mol. The van der Waals surface area contributed by atoms with Gasteiger partial charge in [-0.3, -0.25) is 9.52 Å². The van der Waals surface area contributed by atoms with Gasteiger partial charge < -0.3 is 10.6 Å². The zero-order valence-corrected chi connectivity index (χ0v) is 17.6. The summed E-state index contributed by atoms with van der Waals surface area (Å²) in [6, 6.07) is 13.4. The number of halogens is 1. The largest absolute Gasteiger partial charge is 0.348 e. The Bertz CT molecular complexity index is 917. The summed E-state index contributed by atoms with van der Waals surface area (Å²) in [6.07, 6.45) is 1.91. The van der Waals surface area contributed by atoms with Crippen molar-refractivity contribution in [3.8, 4) is 0 Å². The van der Waals surface area contributed by atoms with Crippen molar-refractivity contribution in [3.05, 3.63) is 59.7 Å². The maximum atomic E-state index is 12.7. The lowest BCUT2D eigenvalue weighted by Crippen LogP contribution is -2.51. The number of carbonyl (C=O) groups is 1. The Hall–Kier alpha value is -2.09. The molecule has 3 N–H and O–H groups in total. The van der Waals surface area contributed by atoms with Crippen LogP contribution in [0.25, 0.3) is 0 Å². The molecule has 0 aromatic heterocycles. The summed E-state index contributed by atoms with van der Waals surface area (Å²) < 4.78 is 27.8. The van der Waals surface area contributed by atoms with E-state index in [1.165, 1.54) is 12.1 Å². The molecule has 2 atom stereocenters. The van der Waals surface area contributed by atoms with Crippen molar-refractivity contribution in [2.75, 3.05) is 11.3 Å². The molecule has 2 aromatic carbocycles. The maximum absolute atomic E-state index is 12.7. The second-order valence-electron chi connectivity index (χ2n) is 6.96. The number of carbonyl (C=O) groups excluding carboxylic acids is 1. The Morgan fingerprint density at radius 1 is 1.14 bits per heavy atom. The lowest BCUT2D eigenvalue weighted by molar-refractivity contribution is 0.0919. The van der Waals surface area contributed by atoms with Gasteiger partial charge in [0, 0.05) is 23.3 Å². The Labute approximate surface area is 172 Å². The highest BCUT2D eigenvalue weighted by Crippen LogP contribution is 2.18. The molecule has 152 valence electrons. The average molecular weight is 424 g/mol. The van der Waals surface area contributed by atoms with E-state index in [1.54, 1.807) is 24.3 Å². The molecule has 0 radical (unpaired) electrons. The van der Waals surface area contributed by atoms with Crippen LogP contribution in [0, 0.1) is 6.92 Å². The van der Waals surface area contributed by atoms with Gasteiger partial charge >= 0.3 is 0 Å². The first-order valence-corrected chi connectivity index (χ1v) is 10.6. The maximum Gasteiger partial charge on any atom is 0.261 e. The quantitative estimate of drug-likeness (QED) is 0.689. The van der Waals surface area contributed by atoms with Crippen LogP contribution >= 0.6 is 12.4 Å². The summed E-state index contributed by atoms with van der Waals surface area (Å²) in [7, 11) is -3.77. The Morgan fingerprint density at radius 3 is 2.54 bits per heavy atom. The number of aryl methyl sites for hydroxylation is 1. The molecule has 1 aliphatic rings. The first kappa shape index (κ1) is 22.2. The predicted octanol–water partition coefficient (Wildman–Crippen LogP) is 3.09. The highest BCUT2D eigenvalue weighted by Gasteiger charge is 2.23. The van der Waals surface area contributed by atoms with Gasteiger partial charge in [-0.05, 0) is 63.6 Å². The van der Waals surface area contributed by atoms with Crippen LogP contribution in [-0.4, -0.2) is 33.0 Å². The molecular formula is C20H26ClN3O3S. The minimum atomic E-state index is -3.77. The number of nitrogens with one attached hydrogen (secondary N) is 3. The molecule has 8 heteroatoms. The molecule has 1 saturated heterocycles. The number of amides is 1. The van der Waals surface area contributed by atoms with Gasteiger partial charge in [0.05, 0.1) is 4.90 Å². The summed E-state index contributed by atoms with van der Waals surface area (Å²) in [5.41, 5.74) is 1.86. The zero-order chi connectivity index (χ0) is 19.4. The van der Waals surface area contributed by atoms with Crippen molar-refractivity contribution in [3.63, 3.8) is 0 Å². The molecule has 0 saturated carbocycles. The summed E-state index contributed by atoms with van der Waals surface area (Å²) in [4.78, 5) is 12.6. The molecule has 1 aliphatic heterocycles. The van der Waals surface area contributed by atoms with E-state index in [0.29, 0.717) is 11.3 Å². The number of rotatable bonds is 5. The Balaban J connectivity index is 0.00000280. The molecule has 6 nitrogen and oxygen atoms in total. The van der Waals surface area contributed by atoms with Gasteiger partial charge in [-0.1, -0.05) is 23.8 Å². The molecule has 3 rings (SSSR count). The molecule has 0 spiro atoms. The first-order chi connectivity index (χ1) is 12.8. The summed E-state index contributed by atoms with van der Waals surface area (Å²) in [5.74, 6) is -0.261. The van der Waals surface area contributed by atoms with E-state index in [0.717, 1.165) is 24.9 Å². The highest BCUT2D eigenvalue weighted by atomic mass is 35.5. The van der Waals surface area contributed by atoms with Crippen LogP contribution in [-0.2, 0) is 10.0 Å². The van der Waals surface area contributed by atoms with E-state index in [9.17, 15) is 13.2 Å². The number of sulfonamides is 1. The van der Waals surface area contributed by atoms with Gasteiger partial charge in [-0.2, -0.15) is 0 Å². The normalized spacial score (nSPS) is 19.4. The number of benzene rings is 2. The molecule has 1 heterocycles. The second kappa shape index (κ2) is 9.41. The third-order valence-electron chi connectivity index (χ3n) is 4.79. The van der Waals surface area contributed by atoms with E-state index < -0.39 is 10.0 Å². The van der Waals surface area contributed by atoms with Gasteiger partial charge in [0.15, 0.2) is 0 Å². The number of hydrogen-bond donors (Lipinski definition) is 3. The molecule has 2 unspecified atom stereocenters. The van der Waals surface area contributed by atoms with Crippen molar-refractivity contribution in [1.82, 2.24) is 10.6 Å². The van der Waals surface area contributed by atoms with Crippen molar-refractivity contribution in [1.29, 1.82) is 0 Å². The van der Waals surface area contributed by atoms with Gasteiger partial charge in [-0.25, -0.2) is 8.42 Å². The van der Waals surface area contributed by atoms with Crippen LogP contribution in [0.15, 0.2) is 53.4 Å². The van der Waals surface area contributed by atoms with Crippen LogP contribution in [0.1, 0.15) is 35.7 Å². The third kappa shape index (κ3) is 5.47. The highest BCUT2D eigenvalue weighted by molar-refractivity contribution is 7.92. The van der Waals surface area contributed by atoms with Gasteiger partial charge in [-0.15, -0.1) is 12.4 Å². The molecule has 1 fully saturated rings. The zero-order valence-electron chi connectivity index (χ0n) is 15.9. The average Bonchev–Trinajstić information content (AvgIpc) is 2.65. The standard InChI is InChI=1S/C20H25N3O3S.ClH/c1-14-8-10-17(11-9-14)23-27(25,26)18-6-3-5-16(13-18)20(24)22-19-7-4-12-21-15(19)2;/h3,5-6,8-11,13,15,19,21,23H,4,7,12H2,1-2H3,(H,22,24);1H. The van der Waals surface area contributed by atoms with Crippen LogP contribution in [0.4, 0.5) is 5.69 Å². The van der Waals surface area contributed by atoms with Crippen LogP contribution < -0.4 is 15.4 Å². The molecule has 0 bridgehead atoms. The predicted molar refractivity (Wildman–Crippen MR) is 114 cm³/mol. The Kier molecular flexibility index (Phi) is 7.46. The van der Waals surface area contributed by atoms with Crippen molar-refractivity contribution < 1.29 is 13.2 Å². The minimum absolute atomic E-state index is 0. The lowest BCUT2D eigenvalue weighted by atomic mass is 9.99. The first-order valence-electron chi connectivity index (χ1n) is 9.09. The van der Waals surface area contributed by atoms with Crippen molar-refractivity contribution in [2.45, 2.75) is 43.7 Å². The van der Waals surface area contributed by atoms with Crippen LogP contribution in [0.5, 0.6) is 0 Å². The topological polar surface area (TPSA) is 87.3 Å². The van der Waals surface area contributed by atoms with Gasteiger partial charge in [0.2, 0.25) is 0 Å². The molecule has 28 heavy (non-hydrogen) atoms. The fraction of sp³-hybridized carbons (Fsp3) is 0.350. The molecule has 2 aromatic rings. The van der Waals surface area contributed by atoms with Crippen LogP contribution in [0.2, 0.25) is 0 Å². The fourth-order valence-electron chi connectivity index (χ4n) is 3.13. The number of anilines is 1. The van der Waals surface area contributed by atoms with E-state index >= 15 is 0 Å². The van der Waals surface area contributed by atoms with E-state index in [2.05, 4.69) is 15.4 Å². The van der Waals surface area contributed by atoms with E-state index in [-0.39, 0.29) is 35.3 Å². The van der Waals surface area contributed by atoms with Crippen LogP contribution in [0.3, 0.4) is 0 Å². The van der Waals surface area contributed by atoms with Crippen molar-refractivity contribution >= 4 is 34.0 Å². The van der Waals surface area contributed by atoms with Crippen molar-refractivity contribution in [2.24, 2.45) is 0 Å². The monoisotopic (exact) mass is 423 g/mol. The van der Waals surface area contributed by atoms with Gasteiger partial charge in [0.1, 0.15) is 0 Å². The Morgan fingerprint density at radius 2 is 1.86 bits per heavy atom. The van der Waals surface area contributed by atoms with Gasteiger partial charge in [0.25, 0.3) is 15.9 Å². The smallest absolute Gasteiger partial charge is 0.261 e. The van der Waals surface area contributed by atoms with E-state index in [4.69, 9.17) is 0 Å². The summed E-state index contributed by atoms with van der Waals surface area (Å²) >= 11 is 0. The summed E-state index contributed by atoms with van der Waals surface area (Å²) in [5, 5.41) is 6.34. The third-order valence-corrected chi connectivity index (χ3v) is 6.17. The molecule has 1 amide bonds. The number of hydrogen-bond acceptors (Lipinski definition) is 4.